The summed E-state index contributed by atoms with van der Waals surface area (Å²) in [6, 6.07) is -0.360. The van der Waals surface area contributed by atoms with Crippen molar-refractivity contribution in [1.82, 2.24) is 0 Å². The van der Waals surface area contributed by atoms with Gasteiger partial charge in [0.2, 0.25) is 0 Å². The Labute approximate surface area is 144 Å². The molecule has 0 aliphatic rings. The first kappa shape index (κ1) is 25.6. The summed E-state index contributed by atoms with van der Waals surface area (Å²) in [5, 5.41) is 0. The van der Waals surface area contributed by atoms with Gasteiger partial charge in [0, 0.05) is 6.42 Å². The summed E-state index contributed by atoms with van der Waals surface area (Å²) in [5.41, 5.74) is 0. The summed E-state index contributed by atoms with van der Waals surface area (Å²) in [6.07, 6.45) is -10.5. The van der Waals surface area contributed by atoms with E-state index in [1.165, 1.54) is 13.1 Å². The van der Waals surface area contributed by atoms with E-state index in [-0.39, 0.29) is 6.04 Å². The molecule has 0 N–H and O–H groups in total. The molecule has 0 rings (SSSR count). The molecule has 0 fully saturated rings. The quantitative estimate of drug-likeness (QED) is 0.211. The third-order valence-corrected chi connectivity index (χ3v) is 5.37. The lowest BCUT2D eigenvalue weighted by Crippen LogP contribution is -2.70. The largest absolute Gasteiger partial charge is 0.460 e. The van der Waals surface area contributed by atoms with E-state index in [1.54, 1.807) is 0 Å². The van der Waals surface area contributed by atoms with E-state index >= 15 is 0 Å². The van der Waals surface area contributed by atoms with Crippen LogP contribution in [0.3, 0.4) is 0 Å². The summed E-state index contributed by atoms with van der Waals surface area (Å²) >= 11 is 5.66. The van der Waals surface area contributed by atoms with Crippen molar-refractivity contribution in [1.29, 1.82) is 0 Å². The number of alkyl halides is 13. The minimum atomic E-state index is -7.84. The number of halogens is 14. The molecule has 26 heavy (non-hydrogen) atoms. The predicted molar refractivity (Wildman–Crippen MR) is 68.2 cm³/mol. The van der Waals surface area contributed by atoms with Crippen molar-refractivity contribution in [3.8, 4) is 0 Å². The lowest BCUT2D eigenvalue weighted by molar-refractivity contribution is -0.440. The van der Waals surface area contributed by atoms with Crippen molar-refractivity contribution < 1.29 is 57.1 Å². The fraction of sp³-hybridized carbons (Fsp3) is 1.00. The molecule has 0 aromatic rings. The zero-order chi connectivity index (χ0) is 21.6. The minimum absolute atomic E-state index is 0.360. The molecule has 0 unspecified atom stereocenters. The fourth-order valence-electron chi connectivity index (χ4n) is 1.69. The molecular formula is C11H12ClF13Si. The third kappa shape index (κ3) is 4.36. The molecule has 0 atom stereocenters. The topological polar surface area (TPSA) is 0 Å². The molecule has 0 aliphatic heterocycles. The summed E-state index contributed by atoms with van der Waals surface area (Å²) in [6.45, 7) is 2.69. The Balaban J connectivity index is 5.85. The lowest BCUT2D eigenvalue weighted by atomic mass is 9.92. The molecule has 158 valence electrons. The van der Waals surface area contributed by atoms with Gasteiger partial charge >= 0.3 is 35.8 Å². The Morgan fingerprint density at radius 3 is 1.27 bits per heavy atom. The van der Waals surface area contributed by atoms with Crippen LogP contribution >= 0.6 is 11.1 Å². The summed E-state index contributed by atoms with van der Waals surface area (Å²) in [4.78, 5) is 0. The van der Waals surface area contributed by atoms with Crippen LogP contribution in [0.25, 0.3) is 0 Å². The van der Waals surface area contributed by atoms with Crippen molar-refractivity contribution in [2.45, 2.75) is 67.8 Å². The first-order chi connectivity index (χ1) is 11.0. The number of hydrogen-bond donors (Lipinski definition) is 0. The first-order valence-corrected chi connectivity index (χ1v) is 10.8. The zero-order valence-corrected chi connectivity index (χ0v) is 14.7. The van der Waals surface area contributed by atoms with Crippen molar-refractivity contribution in [2.24, 2.45) is 0 Å². The van der Waals surface area contributed by atoms with E-state index in [4.69, 9.17) is 11.1 Å². The molecule has 15 heteroatoms. The first-order valence-electron chi connectivity index (χ1n) is 6.60. The van der Waals surface area contributed by atoms with Crippen LogP contribution in [0.15, 0.2) is 0 Å². The van der Waals surface area contributed by atoms with Gasteiger partial charge in [0.25, 0.3) is 0 Å². The van der Waals surface area contributed by atoms with Gasteiger partial charge in [-0.1, -0.05) is 13.1 Å². The fourth-order valence-corrected chi connectivity index (χ4v) is 3.11. The van der Waals surface area contributed by atoms with Crippen LogP contribution < -0.4 is 0 Å². The van der Waals surface area contributed by atoms with E-state index in [9.17, 15) is 57.1 Å². The molecule has 0 radical (unpaired) electrons. The SMILES string of the molecule is C[Si](C)(Cl)CCCC(F)(F)C(F)(F)C(F)(F)C(F)(F)C(F)(F)C(F)(F)F. The Hall–Kier alpha value is -0.403. The molecule has 0 saturated heterocycles. The summed E-state index contributed by atoms with van der Waals surface area (Å²) in [7, 11) is -2.66. The van der Waals surface area contributed by atoms with E-state index in [0.717, 1.165) is 0 Å². The average molecular weight is 455 g/mol. The average Bonchev–Trinajstić information content (AvgIpc) is 2.34. The van der Waals surface area contributed by atoms with Crippen molar-refractivity contribution >= 4 is 18.5 Å². The Morgan fingerprint density at radius 2 is 0.962 bits per heavy atom. The molecular weight excluding hydrogens is 443 g/mol. The van der Waals surface area contributed by atoms with Gasteiger partial charge < -0.3 is 0 Å². The molecule has 0 amide bonds. The molecule has 0 aromatic heterocycles. The van der Waals surface area contributed by atoms with Crippen LogP contribution in [0, 0.1) is 0 Å². The summed E-state index contributed by atoms with van der Waals surface area (Å²) < 4.78 is 166. The van der Waals surface area contributed by atoms with E-state index < -0.39 is 56.0 Å². The van der Waals surface area contributed by atoms with Gasteiger partial charge in [-0.05, 0) is 12.5 Å². The molecule has 0 saturated carbocycles. The number of rotatable bonds is 8. The second-order valence-corrected chi connectivity index (χ2v) is 13.1. The van der Waals surface area contributed by atoms with Crippen LogP contribution in [0.5, 0.6) is 0 Å². The highest BCUT2D eigenvalue weighted by molar-refractivity contribution is 7.19. The van der Waals surface area contributed by atoms with Gasteiger partial charge in [-0.2, -0.15) is 68.2 Å². The van der Waals surface area contributed by atoms with Gasteiger partial charge in [-0.15, -0.1) is 0 Å². The molecule has 0 aliphatic carbocycles. The van der Waals surface area contributed by atoms with Gasteiger partial charge in [0.15, 0.2) is 0 Å². The maximum absolute atomic E-state index is 13.4. The minimum Gasteiger partial charge on any atom is -0.200 e. The van der Waals surface area contributed by atoms with Crippen LogP contribution in [0.4, 0.5) is 57.1 Å². The number of hydrogen-bond acceptors (Lipinski definition) is 0. The van der Waals surface area contributed by atoms with Crippen LogP contribution in [0.1, 0.15) is 12.8 Å². The molecule has 0 nitrogen and oxygen atoms in total. The molecule has 0 aromatic carbocycles. The smallest absolute Gasteiger partial charge is 0.200 e. The van der Waals surface area contributed by atoms with E-state index in [2.05, 4.69) is 0 Å². The second kappa shape index (κ2) is 6.89. The van der Waals surface area contributed by atoms with Crippen molar-refractivity contribution in [3.05, 3.63) is 0 Å². The van der Waals surface area contributed by atoms with Gasteiger partial charge in [0.05, 0.1) is 0 Å². The van der Waals surface area contributed by atoms with Gasteiger partial charge in [-0.25, -0.2) is 0 Å². The molecule has 0 bridgehead atoms. The standard InChI is InChI=1S/C11H12ClF13Si/c1-26(2,12)5-3-4-6(13,14)7(15,16)8(17,18)9(19,20)10(21,22)11(23,24)25/h3-5H2,1-2H3. The van der Waals surface area contributed by atoms with E-state index in [0.29, 0.717) is 0 Å². The molecule has 0 heterocycles. The zero-order valence-electron chi connectivity index (χ0n) is 12.9. The maximum Gasteiger partial charge on any atom is 0.460 e. The monoisotopic (exact) mass is 454 g/mol. The van der Waals surface area contributed by atoms with Gasteiger partial charge in [-0.3, -0.25) is 0 Å². The normalized spacial score (nSPS) is 16.2. The summed E-state index contributed by atoms with van der Waals surface area (Å²) in [5.74, 6) is -36.4. The van der Waals surface area contributed by atoms with Crippen LogP contribution in [0.2, 0.25) is 19.1 Å². The second-order valence-electron chi connectivity index (χ2n) is 6.07. The lowest BCUT2D eigenvalue weighted by Gasteiger charge is -2.39. The highest BCUT2D eigenvalue weighted by atomic mass is 35.6. The molecule has 0 spiro atoms. The van der Waals surface area contributed by atoms with Crippen LogP contribution in [-0.2, 0) is 0 Å². The van der Waals surface area contributed by atoms with Gasteiger partial charge in [0.1, 0.15) is 7.38 Å². The Morgan fingerprint density at radius 1 is 0.615 bits per heavy atom. The predicted octanol–water partition coefficient (Wildman–Crippen LogP) is 6.95. The maximum atomic E-state index is 13.4. The van der Waals surface area contributed by atoms with Crippen molar-refractivity contribution in [2.75, 3.05) is 0 Å². The Bertz CT molecular complexity index is 491. The highest BCUT2D eigenvalue weighted by Crippen LogP contribution is 2.60. The third-order valence-electron chi connectivity index (χ3n) is 3.26. The van der Waals surface area contributed by atoms with E-state index in [1.807, 2.05) is 0 Å². The Kier molecular flexibility index (Phi) is 6.78. The van der Waals surface area contributed by atoms with Crippen molar-refractivity contribution in [3.63, 3.8) is 0 Å². The van der Waals surface area contributed by atoms with Crippen LogP contribution in [-0.4, -0.2) is 43.2 Å². The highest BCUT2D eigenvalue weighted by Gasteiger charge is 2.90.